The van der Waals surface area contributed by atoms with Crippen LogP contribution in [0.3, 0.4) is 0 Å². The minimum atomic E-state index is -0.155. The van der Waals surface area contributed by atoms with Gasteiger partial charge in [0.05, 0.1) is 17.3 Å². The second kappa shape index (κ2) is 6.03. The van der Waals surface area contributed by atoms with E-state index in [0.29, 0.717) is 17.9 Å². The number of hydrogen-bond donors (Lipinski definition) is 0. The van der Waals surface area contributed by atoms with Crippen molar-refractivity contribution in [3.8, 4) is 5.75 Å². The lowest BCUT2D eigenvalue weighted by Gasteiger charge is -2.38. The number of fused-ring (bicyclic) bond motifs is 2. The molecule has 8 heteroatoms. The summed E-state index contributed by atoms with van der Waals surface area (Å²) in [6, 6.07) is 7.55. The van der Waals surface area contributed by atoms with Gasteiger partial charge in [-0.25, -0.2) is 14.5 Å². The fraction of sp³-hybridized carbons (Fsp3) is 0.235. The van der Waals surface area contributed by atoms with Gasteiger partial charge in [0.25, 0.3) is 5.91 Å². The van der Waals surface area contributed by atoms with Crippen molar-refractivity contribution in [2.24, 2.45) is 0 Å². The molecule has 0 radical (unpaired) electrons. The molecule has 0 aliphatic carbocycles. The first kappa shape index (κ1) is 15.9. The van der Waals surface area contributed by atoms with Crippen molar-refractivity contribution in [3.63, 3.8) is 0 Å². The molecule has 7 nitrogen and oxygen atoms in total. The van der Waals surface area contributed by atoms with E-state index in [4.69, 9.17) is 4.74 Å². The molecule has 0 saturated carbocycles. The van der Waals surface area contributed by atoms with Gasteiger partial charge in [-0.3, -0.25) is 9.80 Å². The molecule has 3 heterocycles. The highest BCUT2D eigenvalue weighted by Crippen LogP contribution is 2.33. The van der Waals surface area contributed by atoms with Crippen molar-refractivity contribution in [2.45, 2.75) is 6.42 Å². The number of hydrogen-bond acceptors (Lipinski definition) is 5. The van der Waals surface area contributed by atoms with Gasteiger partial charge in [-0.05, 0) is 34.5 Å². The normalized spacial score (nSPS) is 13.9. The third-order valence-electron chi connectivity index (χ3n) is 4.35. The monoisotopic (exact) mass is 401 g/mol. The Labute approximate surface area is 152 Å². The van der Waals surface area contributed by atoms with Gasteiger partial charge in [-0.15, -0.1) is 0 Å². The molecule has 1 aliphatic heterocycles. The highest BCUT2D eigenvalue weighted by Gasteiger charge is 2.29. The van der Waals surface area contributed by atoms with Crippen LogP contribution in [-0.2, 0) is 6.42 Å². The standard InChI is InChI=1S/C17H16BrN5O2/c1-21-14-4-3-5-15(25-2)12(14)6-7-23(21)17(24)13-8-16-19-9-11(18)10-22(16)20-13/h3-5,8-10H,6-7H2,1-2H3. The van der Waals surface area contributed by atoms with Gasteiger partial charge >= 0.3 is 0 Å². The lowest BCUT2D eigenvalue weighted by molar-refractivity contribution is 0.0731. The molecule has 0 unspecified atom stereocenters. The molecule has 128 valence electrons. The van der Waals surface area contributed by atoms with Gasteiger partial charge in [0, 0.05) is 37.6 Å². The van der Waals surface area contributed by atoms with Crippen molar-refractivity contribution in [2.75, 3.05) is 25.7 Å². The third kappa shape index (κ3) is 2.62. The van der Waals surface area contributed by atoms with E-state index in [1.54, 1.807) is 35.1 Å². The number of nitrogens with zero attached hydrogens (tertiary/aromatic N) is 5. The van der Waals surface area contributed by atoms with Crippen molar-refractivity contribution >= 4 is 33.2 Å². The number of aromatic nitrogens is 3. The molecule has 0 spiro atoms. The summed E-state index contributed by atoms with van der Waals surface area (Å²) in [5, 5.41) is 7.91. The number of carbonyl (C=O) groups is 1. The first-order valence-corrected chi connectivity index (χ1v) is 8.60. The SMILES string of the molecule is COc1cccc2c1CCN(C(=O)c1cc3ncc(Br)cn3n1)N2C. The molecular weight excluding hydrogens is 386 g/mol. The van der Waals surface area contributed by atoms with Gasteiger partial charge in [-0.2, -0.15) is 5.10 Å². The Morgan fingerprint density at radius 1 is 1.36 bits per heavy atom. The van der Waals surface area contributed by atoms with Crippen molar-refractivity contribution in [1.82, 2.24) is 19.6 Å². The van der Waals surface area contributed by atoms with E-state index >= 15 is 0 Å². The van der Waals surface area contributed by atoms with E-state index in [-0.39, 0.29) is 5.91 Å². The summed E-state index contributed by atoms with van der Waals surface area (Å²) in [5.41, 5.74) is 3.07. The summed E-state index contributed by atoms with van der Waals surface area (Å²) in [6.45, 7) is 0.563. The van der Waals surface area contributed by atoms with Crippen LogP contribution in [0.25, 0.3) is 5.65 Å². The fourth-order valence-corrected chi connectivity index (χ4v) is 3.42. The number of amides is 1. The van der Waals surface area contributed by atoms with Crippen LogP contribution >= 0.6 is 15.9 Å². The first-order valence-electron chi connectivity index (χ1n) is 7.81. The van der Waals surface area contributed by atoms with E-state index in [9.17, 15) is 4.79 Å². The Morgan fingerprint density at radius 2 is 2.20 bits per heavy atom. The van der Waals surface area contributed by atoms with Crippen LogP contribution in [0.4, 0.5) is 5.69 Å². The molecule has 0 saturated heterocycles. The Hall–Kier alpha value is -2.61. The first-order chi connectivity index (χ1) is 12.1. The minimum absolute atomic E-state index is 0.155. The predicted octanol–water partition coefficient (Wildman–Crippen LogP) is 2.55. The molecule has 0 atom stereocenters. The van der Waals surface area contributed by atoms with Crippen LogP contribution in [-0.4, -0.2) is 46.2 Å². The second-order valence-corrected chi connectivity index (χ2v) is 6.68. The van der Waals surface area contributed by atoms with Crippen LogP contribution in [0.2, 0.25) is 0 Å². The van der Waals surface area contributed by atoms with Crippen LogP contribution < -0.4 is 9.75 Å². The number of methoxy groups -OCH3 is 1. The number of ether oxygens (including phenoxy) is 1. The largest absolute Gasteiger partial charge is 0.496 e. The molecule has 1 amide bonds. The van der Waals surface area contributed by atoms with Gasteiger partial charge < -0.3 is 4.74 Å². The average molecular weight is 402 g/mol. The van der Waals surface area contributed by atoms with Crippen LogP contribution in [0.5, 0.6) is 5.75 Å². The Kier molecular flexibility index (Phi) is 3.84. The number of hydrazine groups is 1. The van der Waals surface area contributed by atoms with Crippen LogP contribution in [0, 0.1) is 0 Å². The van der Waals surface area contributed by atoms with Gasteiger partial charge in [-0.1, -0.05) is 6.07 Å². The number of carbonyl (C=O) groups excluding carboxylic acids is 1. The molecule has 0 bridgehead atoms. The lowest BCUT2D eigenvalue weighted by atomic mass is 10.1. The number of halogens is 1. The fourth-order valence-electron chi connectivity index (χ4n) is 3.13. The van der Waals surface area contributed by atoms with Crippen molar-refractivity contribution in [1.29, 1.82) is 0 Å². The Morgan fingerprint density at radius 3 is 3.00 bits per heavy atom. The zero-order chi connectivity index (χ0) is 17.6. The molecule has 0 fully saturated rings. The smallest absolute Gasteiger partial charge is 0.292 e. The maximum atomic E-state index is 13.0. The minimum Gasteiger partial charge on any atom is -0.496 e. The van der Waals surface area contributed by atoms with Crippen molar-refractivity contribution in [3.05, 3.63) is 52.4 Å². The van der Waals surface area contributed by atoms with Crippen LogP contribution in [0.15, 0.2) is 41.1 Å². The molecular formula is C17H16BrN5O2. The second-order valence-electron chi connectivity index (χ2n) is 5.76. The van der Waals surface area contributed by atoms with Crippen molar-refractivity contribution < 1.29 is 9.53 Å². The predicted molar refractivity (Wildman–Crippen MR) is 96.8 cm³/mol. The number of benzene rings is 1. The zero-order valence-corrected chi connectivity index (χ0v) is 15.4. The van der Waals surface area contributed by atoms with Gasteiger partial charge in [0.1, 0.15) is 5.75 Å². The average Bonchev–Trinajstić information content (AvgIpc) is 3.04. The summed E-state index contributed by atoms with van der Waals surface area (Å²) in [4.78, 5) is 17.2. The highest BCUT2D eigenvalue weighted by atomic mass is 79.9. The molecule has 3 aromatic rings. The number of anilines is 1. The summed E-state index contributed by atoms with van der Waals surface area (Å²) in [7, 11) is 3.54. The lowest BCUT2D eigenvalue weighted by Crippen LogP contribution is -2.48. The summed E-state index contributed by atoms with van der Waals surface area (Å²) in [6.07, 6.45) is 4.19. The molecule has 2 aromatic heterocycles. The van der Waals surface area contributed by atoms with Gasteiger partial charge in [0.2, 0.25) is 0 Å². The Balaban J connectivity index is 1.68. The van der Waals surface area contributed by atoms with E-state index in [1.807, 2.05) is 30.3 Å². The summed E-state index contributed by atoms with van der Waals surface area (Å²) >= 11 is 3.36. The summed E-state index contributed by atoms with van der Waals surface area (Å²) < 4.78 is 7.83. The van der Waals surface area contributed by atoms with E-state index < -0.39 is 0 Å². The molecule has 4 rings (SSSR count). The highest BCUT2D eigenvalue weighted by molar-refractivity contribution is 9.10. The van der Waals surface area contributed by atoms with E-state index in [0.717, 1.165) is 27.9 Å². The maximum absolute atomic E-state index is 13.0. The van der Waals surface area contributed by atoms with Gasteiger partial charge in [0.15, 0.2) is 11.3 Å². The maximum Gasteiger partial charge on any atom is 0.292 e. The quantitative estimate of drug-likeness (QED) is 0.660. The van der Waals surface area contributed by atoms with Crippen LogP contribution in [0.1, 0.15) is 16.1 Å². The Bertz CT molecular complexity index is 971. The van der Waals surface area contributed by atoms with E-state index in [2.05, 4.69) is 26.0 Å². The molecule has 0 N–H and O–H groups in total. The molecule has 25 heavy (non-hydrogen) atoms. The third-order valence-corrected chi connectivity index (χ3v) is 4.76. The number of rotatable bonds is 2. The molecule has 1 aliphatic rings. The zero-order valence-electron chi connectivity index (χ0n) is 13.8. The van der Waals surface area contributed by atoms with E-state index in [1.165, 1.54) is 0 Å². The summed E-state index contributed by atoms with van der Waals surface area (Å²) in [5.74, 6) is 0.691. The molecule has 1 aromatic carbocycles. The topological polar surface area (TPSA) is 63.0 Å².